The van der Waals surface area contributed by atoms with Gasteiger partial charge in [-0.05, 0) is 50.9 Å². The van der Waals surface area contributed by atoms with Crippen molar-refractivity contribution in [1.29, 1.82) is 5.26 Å². The molecule has 1 fully saturated rings. The van der Waals surface area contributed by atoms with Crippen LogP contribution in [-0.4, -0.2) is 41.7 Å². The van der Waals surface area contributed by atoms with Crippen LogP contribution in [0.5, 0.6) is 0 Å². The lowest BCUT2D eigenvalue weighted by atomic mass is 9.97. The van der Waals surface area contributed by atoms with E-state index in [0.717, 1.165) is 25.9 Å². The van der Waals surface area contributed by atoms with Crippen molar-refractivity contribution in [3.8, 4) is 6.07 Å². The zero-order valence-electron chi connectivity index (χ0n) is 12.2. The molecule has 1 aromatic carbocycles. The number of nitriles is 1. The van der Waals surface area contributed by atoms with Crippen molar-refractivity contribution in [3.63, 3.8) is 0 Å². The number of nitrogens with one attached hydrogen (secondary N) is 1. The molecule has 1 aliphatic heterocycles. The van der Waals surface area contributed by atoms with E-state index in [0.29, 0.717) is 17.2 Å². The van der Waals surface area contributed by atoms with E-state index in [2.05, 4.69) is 16.3 Å². The number of benzene rings is 1. The minimum Gasteiger partial charge on any atom is -0.396 e. The molecule has 1 unspecified atom stereocenters. The molecule has 1 heterocycles. The Kier molecular flexibility index (Phi) is 5.32. The van der Waals surface area contributed by atoms with E-state index >= 15 is 0 Å². The molecule has 21 heavy (non-hydrogen) atoms. The summed E-state index contributed by atoms with van der Waals surface area (Å²) in [6.07, 6.45) is 1.84. The number of anilines is 1. The van der Waals surface area contributed by atoms with E-state index in [1.807, 2.05) is 6.92 Å². The van der Waals surface area contributed by atoms with E-state index in [1.165, 1.54) is 0 Å². The highest BCUT2D eigenvalue weighted by Gasteiger charge is 2.26. The van der Waals surface area contributed by atoms with Gasteiger partial charge in [0.05, 0.1) is 17.3 Å². The second kappa shape index (κ2) is 7.21. The van der Waals surface area contributed by atoms with Crippen LogP contribution in [0.15, 0.2) is 24.3 Å². The molecule has 0 spiro atoms. The fraction of sp³-hybridized carbons (Fsp3) is 0.500. The number of aliphatic hydroxyl groups is 1. The van der Waals surface area contributed by atoms with Gasteiger partial charge in [0.25, 0.3) is 0 Å². The average molecular weight is 287 g/mol. The molecule has 2 N–H and O–H groups in total. The van der Waals surface area contributed by atoms with E-state index < -0.39 is 0 Å². The summed E-state index contributed by atoms with van der Waals surface area (Å²) >= 11 is 0. The topological polar surface area (TPSA) is 76.4 Å². The molecule has 1 saturated heterocycles. The van der Waals surface area contributed by atoms with E-state index in [4.69, 9.17) is 10.4 Å². The second-order valence-electron chi connectivity index (χ2n) is 5.48. The first kappa shape index (κ1) is 15.5. The van der Waals surface area contributed by atoms with Crippen LogP contribution in [0.4, 0.5) is 5.69 Å². The van der Waals surface area contributed by atoms with Crippen molar-refractivity contribution in [2.24, 2.45) is 5.92 Å². The summed E-state index contributed by atoms with van der Waals surface area (Å²) in [5.41, 5.74) is 1.03. The summed E-state index contributed by atoms with van der Waals surface area (Å²) in [4.78, 5) is 14.4. The fourth-order valence-corrected chi connectivity index (χ4v) is 2.62. The molecule has 5 heteroatoms. The molecule has 0 saturated carbocycles. The SMILES string of the molecule is CC(C(=O)Nc1ccccc1C#N)N1CCC(CO)CC1. The quantitative estimate of drug-likeness (QED) is 0.881. The number of para-hydroxylation sites is 1. The van der Waals surface area contributed by atoms with Gasteiger partial charge in [0.2, 0.25) is 5.91 Å². The number of hydrogen-bond acceptors (Lipinski definition) is 4. The van der Waals surface area contributed by atoms with Crippen LogP contribution in [0, 0.1) is 17.2 Å². The maximum atomic E-state index is 12.3. The second-order valence-corrected chi connectivity index (χ2v) is 5.48. The van der Waals surface area contributed by atoms with Gasteiger partial charge in [0, 0.05) is 6.61 Å². The molecule has 1 aromatic rings. The molecule has 0 aromatic heterocycles. The van der Waals surface area contributed by atoms with Crippen LogP contribution >= 0.6 is 0 Å². The maximum Gasteiger partial charge on any atom is 0.241 e. The average Bonchev–Trinajstić information content (AvgIpc) is 2.54. The summed E-state index contributed by atoms with van der Waals surface area (Å²) in [6, 6.07) is 8.84. The summed E-state index contributed by atoms with van der Waals surface area (Å²) < 4.78 is 0. The van der Waals surface area contributed by atoms with Crippen LogP contribution in [0.25, 0.3) is 0 Å². The normalized spacial score (nSPS) is 18.0. The van der Waals surface area contributed by atoms with Crippen molar-refractivity contribution in [3.05, 3.63) is 29.8 Å². The number of amides is 1. The molecular formula is C16H21N3O2. The molecule has 0 radical (unpaired) electrons. The highest BCUT2D eigenvalue weighted by Crippen LogP contribution is 2.20. The first-order chi connectivity index (χ1) is 10.2. The Morgan fingerprint density at radius 3 is 2.76 bits per heavy atom. The third-order valence-corrected chi connectivity index (χ3v) is 4.14. The molecular weight excluding hydrogens is 266 g/mol. The first-order valence-electron chi connectivity index (χ1n) is 7.30. The van der Waals surface area contributed by atoms with Crippen molar-refractivity contribution < 1.29 is 9.90 Å². The predicted molar refractivity (Wildman–Crippen MR) is 80.6 cm³/mol. The molecule has 1 aliphatic rings. The van der Waals surface area contributed by atoms with E-state index in [9.17, 15) is 4.79 Å². The summed E-state index contributed by atoms with van der Waals surface area (Å²) in [5.74, 6) is 0.260. The maximum absolute atomic E-state index is 12.3. The van der Waals surface area contributed by atoms with Crippen LogP contribution in [0.2, 0.25) is 0 Å². The third-order valence-electron chi connectivity index (χ3n) is 4.14. The van der Waals surface area contributed by atoms with Gasteiger partial charge in [-0.25, -0.2) is 0 Å². The Morgan fingerprint density at radius 2 is 2.14 bits per heavy atom. The Hall–Kier alpha value is -1.90. The number of carbonyl (C=O) groups is 1. The molecule has 1 atom stereocenters. The predicted octanol–water partition coefficient (Wildman–Crippen LogP) is 1.59. The van der Waals surface area contributed by atoms with Gasteiger partial charge < -0.3 is 10.4 Å². The van der Waals surface area contributed by atoms with Gasteiger partial charge in [-0.1, -0.05) is 12.1 Å². The van der Waals surface area contributed by atoms with Gasteiger partial charge in [-0.15, -0.1) is 0 Å². The number of rotatable bonds is 4. The van der Waals surface area contributed by atoms with Gasteiger partial charge in [0.1, 0.15) is 6.07 Å². The number of aliphatic hydroxyl groups excluding tert-OH is 1. The lowest BCUT2D eigenvalue weighted by Crippen LogP contribution is -2.46. The highest BCUT2D eigenvalue weighted by atomic mass is 16.3. The Bertz CT molecular complexity index is 531. The van der Waals surface area contributed by atoms with Crippen LogP contribution in [0.1, 0.15) is 25.3 Å². The van der Waals surface area contributed by atoms with Crippen LogP contribution in [-0.2, 0) is 4.79 Å². The lowest BCUT2D eigenvalue weighted by molar-refractivity contribution is -0.121. The van der Waals surface area contributed by atoms with Gasteiger partial charge in [0.15, 0.2) is 0 Å². The molecule has 1 amide bonds. The van der Waals surface area contributed by atoms with E-state index in [1.54, 1.807) is 24.3 Å². The third kappa shape index (κ3) is 3.81. The van der Waals surface area contributed by atoms with Gasteiger partial charge >= 0.3 is 0 Å². The number of hydrogen-bond donors (Lipinski definition) is 2. The van der Waals surface area contributed by atoms with Gasteiger partial charge in [-0.3, -0.25) is 9.69 Å². The van der Waals surface area contributed by atoms with Crippen molar-refractivity contribution >= 4 is 11.6 Å². The summed E-state index contributed by atoms with van der Waals surface area (Å²) in [6.45, 7) is 3.74. The monoisotopic (exact) mass is 287 g/mol. The molecule has 112 valence electrons. The largest absolute Gasteiger partial charge is 0.396 e. The number of nitrogens with zero attached hydrogens (tertiary/aromatic N) is 2. The number of carbonyl (C=O) groups excluding carboxylic acids is 1. The Morgan fingerprint density at radius 1 is 1.48 bits per heavy atom. The summed E-state index contributed by atoms with van der Waals surface area (Å²) in [7, 11) is 0. The standard InChI is InChI=1S/C16H21N3O2/c1-12(19-8-6-13(11-20)7-9-19)16(21)18-15-5-3-2-4-14(15)10-17/h2-5,12-13,20H,6-9,11H2,1H3,(H,18,21). The zero-order chi connectivity index (χ0) is 15.2. The first-order valence-corrected chi connectivity index (χ1v) is 7.30. The van der Waals surface area contributed by atoms with Gasteiger partial charge in [-0.2, -0.15) is 5.26 Å². The molecule has 2 rings (SSSR count). The fourth-order valence-electron chi connectivity index (χ4n) is 2.62. The smallest absolute Gasteiger partial charge is 0.241 e. The zero-order valence-corrected chi connectivity index (χ0v) is 12.2. The summed E-state index contributed by atoms with van der Waals surface area (Å²) in [5, 5.41) is 21.0. The molecule has 0 bridgehead atoms. The van der Waals surface area contributed by atoms with E-state index in [-0.39, 0.29) is 18.6 Å². The molecule has 0 aliphatic carbocycles. The Labute approximate surface area is 125 Å². The van der Waals surface area contributed by atoms with Crippen molar-refractivity contribution in [1.82, 2.24) is 4.90 Å². The molecule has 5 nitrogen and oxygen atoms in total. The number of piperidine rings is 1. The highest BCUT2D eigenvalue weighted by molar-refractivity contribution is 5.95. The minimum absolute atomic E-state index is 0.0971. The van der Waals surface area contributed by atoms with Crippen LogP contribution < -0.4 is 5.32 Å². The van der Waals surface area contributed by atoms with Crippen molar-refractivity contribution in [2.45, 2.75) is 25.8 Å². The van der Waals surface area contributed by atoms with Crippen LogP contribution in [0.3, 0.4) is 0 Å². The minimum atomic E-state index is -0.239. The lowest BCUT2D eigenvalue weighted by Gasteiger charge is -2.34. The number of likely N-dealkylation sites (tertiary alicyclic amines) is 1. The van der Waals surface area contributed by atoms with Crippen molar-refractivity contribution in [2.75, 3.05) is 25.0 Å². The Balaban J connectivity index is 1.96.